The van der Waals surface area contributed by atoms with Crippen molar-refractivity contribution >= 4 is 65.2 Å². The van der Waals surface area contributed by atoms with Crippen LogP contribution >= 0.6 is 0 Å². The molecule has 9 aromatic rings. The monoisotopic (exact) mass is 536 g/mol. The van der Waals surface area contributed by atoms with Crippen molar-refractivity contribution in [2.45, 2.75) is 13.5 Å². The third-order valence-corrected chi connectivity index (χ3v) is 9.08. The van der Waals surface area contributed by atoms with Crippen molar-refractivity contribution in [3.63, 3.8) is 0 Å². The number of aromatic nitrogens is 2. The van der Waals surface area contributed by atoms with E-state index in [2.05, 4.69) is 156 Å². The van der Waals surface area contributed by atoms with Gasteiger partial charge in [0.2, 0.25) is 0 Å². The summed E-state index contributed by atoms with van der Waals surface area (Å²) in [5.41, 5.74) is 8.75. The molecule has 0 spiro atoms. The summed E-state index contributed by atoms with van der Waals surface area (Å²) in [6, 6.07) is 51.4. The molecule has 0 saturated carbocycles. The maximum Gasteiger partial charge on any atom is 0.0546 e. The Morgan fingerprint density at radius 3 is 1.64 bits per heavy atom. The van der Waals surface area contributed by atoms with Gasteiger partial charge in [0.1, 0.15) is 0 Å². The van der Waals surface area contributed by atoms with Gasteiger partial charge in [0, 0.05) is 44.5 Å². The number of hydrogen-bond acceptors (Lipinski definition) is 0. The summed E-state index contributed by atoms with van der Waals surface area (Å²) in [5.74, 6) is 0. The van der Waals surface area contributed by atoms with Gasteiger partial charge in [-0.1, -0.05) is 97.1 Å². The molecule has 2 heteroatoms. The molecule has 0 aliphatic rings. The first-order valence-corrected chi connectivity index (χ1v) is 14.8. The molecule has 0 fully saturated rings. The number of benzene rings is 7. The first kappa shape index (κ1) is 23.4. The summed E-state index contributed by atoms with van der Waals surface area (Å²) in [6.07, 6.45) is 0. The highest BCUT2D eigenvalue weighted by Gasteiger charge is 2.17. The number of hydrogen-bond donors (Lipinski definition) is 0. The number of aryl methyl sites for hydroxylation is 1. The van der Waals surface area contributed by atoms with Crippen LogP contribution in [0.25, 0.3) is 82.0 Å². The lowest BCUT2D eigenvalue weighted by Gasteiger charge is -2.14. The van der Waals surface area contributed by atoms with Crippen LogP contribution in [0.2, 0.25) is 0 Å². The summed E-state index contributed by atoms with van der Waals surface area (Å²) in [4.78, 5) is 0. The second-order valence-corrected chi connectivity index (χ2v) is 11.2. The van der Waals surface area contributed by atoms with Crippen molar-refractivity contribution in [2.75, 3.05) is 0 Å². The minimum absolute atomic E-state index is 0.957. The molecule has 0 atom stereocenters. The zero-order valence-corrected chi connectivity index (χ0v) is 23.4. The van der Waals surface area contributed by atoms with E-state index in [-0.39, 0.29) is 0 Å². The van der Waals surface area contributed by atoms with E-state index in [4.69, 9.17) is 0 Å². The van der Waals surface area contributed by atoms with Crippen LogP contribution in [0, 0.1) is 0 Å². The van der Waals surface area contributed by atoms with Gasteiger partial charge in [-0.2, -0.15) is 0 Å². The molecule has 0 aliphatic carbocycles. The van der Waals surface area contributed by atoms with Crippen LogP contribution in [0.5, 0.6) is 0 Å². The van der Waals surface area contributed by atoms with E-state index < -0.39 is 0 Å². The third-order valence-electron chi connectivity index (χ3n) is 9.08. The Morgan fingerprint density at radius 1 is 0.405 bits per heavy atom. The van der Waals surface area contributed by atoms with E-state index in [0.29, 0.717) is 0 Å². The smallest absolute Gasteiger partial charge is 0.0546 e. The highest BCUT2D eigenvalue weighted by Crippen LogP contribution is 2.40. The van der Waals surface area contributed by atoms with E-state index >= 15 is 0 Å². The Bertz CT molecular complexity index is 2510. The van der Waals surface area contributed by atoms with Crippen molar-refractivity contribution in [3.8, 4) is 16.8 Å². The lowest BCUT2D eigenvalue weighted by molar-refractivity contribution is 0.827. The number of rotatable bonds is 3. The van der Waals surface area contributed by atoms with Crippen molar-refractivity contribution in [1.82, 2.24) is 9.13 Å². The van der Waals surface area contributed by atoms with E-state index in [0.717, 1.165) is 6.54 Å². The molecule has 198 valence electrons. The zero-order valence-electron chi connectivity index (χ0n) is 23.4. The van der Waals surface area contributed by atoms with Gasteiger partial charge in [0.25, 0.3) is 0 Å². The van der Waals surface area contributed by atoms with E-state index in [1.54, 1.807) is 0 Å². The maximum atomic E-state index is 2.46. The molecule has 0 saturated heterocycles. The van der Waals surface area contributed by atoms with Gasteiger partial charge in [0.05, 0.1) is 16.7 Å². The lowest BCUT2D eigenvalue weighted by atomic mass is 9.99. The summed E-state index contributed by atoms with van der Waals surface area (Å²) < 4.78 is 4.88. The number of nitrogens with zero attached hydrogens (tertiary/aromatic N) is 2. The Labute approximate surface area is 243 Å². The summed E-state index contributed by atoms with van der Waals surface area (Å²) in [7, 11) is 0. The summed E-state index contributed by atoms with van der Waals surface area (Å²) >= 11 is 0. The van der Waals surface area contributed by atoms with Crippen molar-refractivity contribution in [3.05, 3.63) is 140 Å². The molecule has 2 aromatic heterocycles. The number of para-hydroxylation sites is 2. The van der Waals surface area contributed by atoms with Crippen molar-refractivity contribution < 1.29 is 0 Å². The van der Waals surface area contributed by atoms with Gasteiger partial charge in [-0.05, 0) is 76.7 Å². The Hall–Kier alpha value is -5.34. The Morgan fingerprint density at radius 2 is 0.905 bits per heavy atom. The average Bonchev–Trinajstić information content (AvgIpc) is 3.56. The molecule has 2 heterocycles. The van der Waals surface area contributed by atoms with Gasteiger partial charge in [-0.3, -0.25) is 0 Å². The highest BCUT2D eigenvalue weighted by molar-refractivity contribution is 6.16. The molecular formula is C40H28N2. The SMILES string of the molecule is CCn1c2ccccc2c2cc(-c3ccc4c(c3)c3ccccc3n4-c3cc4ccccc4c4ccccc34)ccc21. The third kappa shape index (κ3) is 3.21. The molecule has 0 radical (unpaired) electrons. The molecule has 0 unspecified atom stereocenters. The summed E-state index contributed by atoms with van der Waals surface area (Å²) in [6.45, 7) is 3.18. The standard InChI is InChI=1S/C40H28N2/c1-2-41-36-17-9-7-15-32(36)34-23-26(19-21-37(34)41)27-20-22-39-35(24-27)33-16-8-10-18-38(33)42(39)40-25-28-11-3-4-12-29(28)30-13-5-6-14-31(30)40/h3-25H,2H2,1H3. The molecule has 9 rings (SSSR count). The molecule has 0 bridgehead atoms. The van der Waals surface area contributed by atoms with Gasteiger partial charge in [0.15, 0.2) is 0 Å². The first-order valence-electron chi connectivity index (χ1n) is 14.8. The maximum absolute atomic E-state index is 2.46. The minimum atomic E-state index is 0.957. The predicted molar refractivity (Wildman–Crippen MR) is 180 cm³/mol. The van der Waals surface area contributed by atoms with Crippen molar-refractivity contribution in [2.24, 2.45) is 0 Å². The molecule has 42 heavy (non-hydrogen) atoms. The van der Waals surface area contributed by atoms with Gasteiger partial charge in [-0.15, -0.1) is 0 Å². The predicted octanol–water partition coefficient (Wildman–Crippen LogP) is 10.9. The van der Waals surface area contributed by atoms with Crippen LogP contribution in [0.4, 0.5) is 0 Å². The quantitative estimate of drug-likeness (QED) is 0.199. The van der Waals surface area contributed by atoms with Crippen LogP contribution in [-0.2, 0) is 6.54 Å². The van der Waals surface area contributed by atoms with Gasteiger partial charge in [-0.25, -0.2) is 0 Å². The minimum Gasteiger partial charge on any atom is -0.341 e. The topological polar surface area (TPSA) is 9.86 Å². The first-order chi connectivity index (χ1) is 20.8. The highest BCUT2D eigenvalue weighted by atomic mass is 15.0. The molecule has 0 N–H and O–H groups in total. The fourth-order valence-electron chi connectivity index (χ4n) is 7.21. The van der Waals surface area contributed by atoms with Crippen molar-refractivity contribution in [1.29, 1.82) is 0 Å². The van der Waals surface area contributed by atoms with Crippen LogP contribution in [0.1, 0.15) is 6.92 Å². The molecule has 0 aliphatic heterocycles. The second-order valence-electron chi connectivity index (χ2n) is 11.2. The normalized spacial score (nSPS) is 12.0. The fourth-order valence-corrected chi connectivity index (χ4v) is 7.21. The van der Waals surface area contributed by atoms with E-state index in [1.165, 1.54) is 82.0 Å². The molecule has 7 aromatic carbocycles. The van der Waals surface area contributed by atoms with Crippen LogP contribution in [0.3, 0.4) is 0 Å². The van der Waals surface area contributed by atoms with Gasteiger partial charge >= 0.3 is 0 Å². The van der Waals surface area contributed by atoms with Crippen LogP contribution in [0.15, 0.2) is 140 Å². The number of fused-ring (bicyclic) bond motifs is 9. The Kier molecular flexibility index (Phi) is 4.91. The largest absolute Gasteiger partial charge is 0.341 e. The summed E-state index contributed by atoms with van der Waals surface area (Å²) in [5, 5.41) is 10.3. The van der Waals surface area contributed by atoms with E-state index in [9.17, 15) is 0 Å². The van der Waals surface area contributed by atoms with Gasteiger partial charge < -0.3 is 9.13 Å². The second kappa shape index (κ2) is 8.83. The van der Waals surface area contributed by atoms with Crippen LogP contribution in [-0.4, -0.2) is 9.13 Å². The van der Waals surface area contributed by atoms with Crippen LogP contribution < -0.4 is 0 Å². The molecular weight excluding hydrogens is 508 g/mol. The van der Waals surface area contributed by atoms with E-state index in [1.807, 2.05) is 0 Å². The molecule has 2 nitrogen and oxygen atoms in total. The lowest BCUT2D eigenvalue weighted by Crippen LogP contribution is -1.96. The molecule has 0 amide bonds. The average molecular weight is 537 g/mol. The Balaban J connectivity index is 1.32. The zero-order chi connectivity index (χ0) is 27.8. The fraction of sp³-hybridized carbons (Fsp3) is 0.0500.